The second-order valence-corrected chi connectivity index (χ2v) is 5.64. The summed E-state index contributed by atoms with van der Waals surface area (Å²) in [7, 11) is 0. The summed E-state index contributed by atoms with van der Waals surface area (Å²) in [5.41, 5.74) is 2.16. The molecule has 5 nitrogen and oxygen atoms in total. The van der Waals surface area contributed by atoms with Gasteiger partial charge in [-0.3, -0.25) is 0 Å². The molecule has 2 aromatic heterocycles. The molecule has 0 spiro atoms. The summed E-state index contributed by atoms with van der Waals surface area (Å²) in [6.45, 7) is 5.28. The van der Waals surface area contributed by atoms with E-state index in [1.54, 1.807) is 24.5 Å². The number of ether oxygens (including phenoxy) is 1. The average molecular weight is 317 g/mol. The first kappa shape index (κ1) is 16.1. The van der Waals surface area contributed by atoms with Crippen molar-refractivity contribution in [3.05, 3.63) is 46.9 Å². The van der Waals surface area contributed by atoms with E-state index >= 15 is 0 Å². The molecule has 0 aliphatic rings. The molecule has 0 amide bonds. The van der Waals surface area contributed by atoms with Gasteiger partial charge in [-0.2, -0.15) is 5.26 Å². The molecule has 1 N–H and O–H groups in total. The fourth-order valence-corrected chi connectivity index (χ4v) is 1.93. The Morgan fingerprint density at radius 1 is 1.32 bits per heavy atom. The van der Waals surface area contributed by atoms with Gasteiger partial charge in [0, 0.05) is 12.7 Å². The third kappa shape index (κ3) is 4.61. The minimum Gasteiger partial charge on any atom is -0.476 e. The van der Waals surface area contributed by atoms with E-state index in [0.717, 1.165) is 11.3 Å². The van der Waals surface area contributed by atoms with Crippen LogP contribution in [0.1, 0.15) is 25.1 Å². The first-order valence-corrected chi connectivity index (χ1v) is 7.33. The van der Waals surface area contributed by atoms with Crippen LogP contribution in [0.2, 0.25) is 5.02 Å². The zero-order valence-corrected chi connectivity index (χ0v) is 13.3. The minimum absolute atomic E-state index is 0.391. The lowest BCUT2D eigenvalue weighted by molar-refractivity contribution is 0.261. The number of halogens is 1. The quantitative estimate of drug-likeness (QED) is 0.880. The van der Waals surface area contributed by atoms with Gasteiger partial charge in [0.2, 0.25) is 5.88 Å². The Morgan fingerprint density at radius 3 is 2.73 bits per heavy atom. The summed E-state index contributed by atoms with van der Waals surface area (Å²) in [6, 6.07) is 7.28. The Morgan fingerprint density at radius 2 is 2.14 bits per heavy atom. The van der Waals surface area contributed by atoms with Crippen LogP contribution in [0.3, 0.4) is 0 Å². The largest absolute Gasteiger partial charge is 0.476 e. The average Bonchev–Trinajstić information content (AvgIpc) is 2.52. The van der Waals surface area contributed by atoms with Crippen molar-refractivity contribution >= 4 is 17.3 Å². The number of hydrogen-bond acceptors (Lipinski definition) is 5. The molecular formula is C16H17ClN4O. The molecule has 2 rings (SSSR count). The van der Waals surface area contributed by atoms with Crippen molar-refractivity contribution in [2.45, 2.75) is 20.4 Å². The molecule has 0 aromatic carbocycles. The summed E-state index contributed by atoms with van der Waals surface area (Å²) in [5.74, 6) is 0.877. The fraction of sp³-hybridized carbons (Fsp3) is 0.312. The summed E-state index contributed by atoms with van der Waals surface area (Å²) in [5, 5.41) is 12.4. The molecule has 0 fully saturated rings. The van der Waals surface area contributed by atoms with Crippen LogP contribution in [-0.2, 0) is 6.54 Å². The first-order valence-electron chi connectivity index (χ1n) is 6.95. The molecule has 0 unspecified atom stereocenters. The number of nitrogens with zero attached hydrogens (tertiary/aromatic N) is 3. The van der Waals surface area contributed by atoms with Crippen LogP contribution < -0.4 is 10.1 Å². The van der Waals surface area contributed by atoms with Crippen molar-refractivity contribution in [2.75, 3.05) is 11.9 Å². The molecule has 2 heterocycles. The molecule has 0 atom stereocenters. The maximum Gasteiger partial charge on any atom is 0.232 e. The Hall–Kier alpha value is -2.32. The van der Waals surface area contributed by atoms with Crippen molar-refractivity contribution in [1.29, 1.82) is 5.26 Å². The van der Waals surface area contributed by atoms with Gasteiger partial charge in [0.25, 0.3) is 0 Å². The monoisotopic (exact) mass is 316 g/mol. The molecule has 0 bridgehead atoms. The normalized spacial score (nSPS) is 10.3. The molecule has 0 radical (unpaired) electrons. The van der Waals surface area contributed by atoms with E-state index in [0.29, 0.717) is 35.7 Å². The Balaban J connectivity index is 1.95. The lowest BCUT2D eigenvalue weighted by atomic mass is 10.2. The van der Waals surface area contributed by atoms with Gasteiger partial charge in [0.15, 0.2) is 0 Å². The van der Waals surface area contributed by atoms with Crippen molar-refractivity contribution in [3.63, 3.8) is 0 Å². The Kier molecular flexibility index (Phi) is 5.56. The number of aromatic nitrogens is 2. The predicted octanol–water partition coefficient (Wildman–Crippen LogP) is 3.65. The maximum atomic E-state index is 8.70. The Bertz CT molecular complexity index is 665. The van der Waals surface area contributed by atoms with E-state index in [1.165, 1.54) is 0 Å². The van der Waals surface area contributed by atoms with E-state index in [4.69, 9.17) is 21.6 Å². The van der Waals surface area contributed by atoms with E-state index in [2.05, 4.69) is 29.1 Å². The highest BCUT2D eigenvalue weighted by atomic mass is 35.5. The van der Waals surface area contributed by atoms with Gasteiger partial charge in [-0.05, 0) is 29.7 Å². The van der Waals surface area contributed by atoms with Gasteiger partial charge in [0.05, 0.1) is 18.5 Å². The fourth-order valence-electron chi connectivity index (χ4n) is 1.68. The van der Waals surface area contributed by atoms with Crippen LogP contribution in [0.25, 0.3) is 0 Å². The lowest BCUT2D eigenvalue weighted by Crippen LogP contribution is -2.07. The second-order valence-electron chi connectivity index (χ2n) is 5.23. The number of rotatable bonds is 6. The van der Waals surface area contributed by atoms with E-state index in [9.17, 15) is 0 Å². The van der Waals surface area contributed by atoms with Gasteiger partial charge in [0.1, 0.15) is 16.8 Å². The topological polar surface area (TPSA) is 70.8 Å². The van der Waals surface area contributed by atoms with Crippen molar-refractivity contribution in [2.24, 2.45) is 5.92 Å². The van der Waals surface area contributed by atoms with Gasteiger partial charge >= 0.3 is 0 Å². The molecule has 22 heavy (non-hydrogen) atoms. The highest BCUT2D eigenvalue weighted by molar-refractivity contribution is 6.31. The number of anilines is 1. The molecular weight excluding hydrogens is 300 g/mol. The van der Waals surface area contributed by atoms with Crippen LogP contribution in [-0.4, -0.2) is 16.6 Å². The van der Waals surface area contributed by atoms with Crippen LogP contribution in [0.4, 0.5) is 5.69 Å². The van der Waals surface area contributed by atoms with E-state index < -0.39 is 0 Å². The van der Waals surface area contributed by atoms with Gasteiger partial charge in [-0.25, -0.2) is 9.97 Å². The van der Waals surface area contributed by atoms with Crippen LogP contribution in [0, 0.1) is 17.2 Å². The number of pyridine rings is 2. The van der Waals surface area contributed by atoms with Crippen LogP contribution in [0.15, 0.2) is 30.6 Å². The van der Waals surface area contributed by atoms with Crippen LogP contribution in [0.5, 0.6) is 5.88 Å². The molecule has 114 valence electrons. The first-order chi connectivity index (χ1) is 10.6. The van der Waals surface area contributed by atoms with Gasteiger partial charge < -0.3 is 10.1 Å². The third-order valence-corrected chi connectivity index (χ3v) is 3.06. The molecule has 0 saturated carbocycles. The molecule has 0 aliphatic carbocycles. The van der Waals surface area contributed by atoms with E-state index in [-0.39, 0.29) is 0 Å². The Labute approximate surface area is 134 Å². The van der Waals surface area contributed by atoms with Crippen molar-refractivity contribution in [1.82, 2.24) is 9.97 Å². The van der Waals surface area contributed by atoms with Gasteiger partial charge in [-0.1, -0.05) is 25.4 Å². The van der Waals surface area contributed by atoms with Crippen molar-refractivity contribution < 1.29 is 4.74 Å². The standard InChI is InChI=1S/C16H17ClN4O/c1-11(2)10-22-16-15(17)5-12(8-21-16)7-19-14-4-3-13(6-18)20-9-14/h3-5,8-9,11,19H,7,10H2,1-2H3. The predicted molar refractivity (Wildman–Crippen MR) is 85.9 cm³/mol. The number of hydrogen-bond donors (Lipinski definition) is 1. The summed E-state index contributed by atoms with van der Waals surface area (Å²) >= 11 is 6.17. The molecule has 0 saturated heterocycles. The minimum atomic E-state index is 0.391. The molecule has 2 aromatic rings. The van der Waals surface area contributed by atoms with Gasteiger partial charge in [-0.15, -0.1) is 0 Å². The maximum absolute atomic E-state index is 8.70. The highest BCUT2D eigenvalue weighted by Gasteiger charge is 2.06. The third-order valence-electron chi connectivity index (χ3n) is 2.79. The summed E-state index contributed by atoms with van der Waals surface area (Å²) in [4.78, 5) is 8.23. The lowest BCUT2D eigenvalue weighted by Gasteiger charge is -2.11. The number of nitriles is 1. The van der Waals surface area contributed by atoms with Crippen molar-refractivity contribution in [3.8, 4) is 11.9 Å². The molecule has 0 aliphatic heterocycles. The smallest absolute Gasteiger partial charge is 0.232 e. The van der Waals surface area contributed by atoms with Crippen LogP contribution >= 0.6 is 11.6 Å². The number of nitrogens with one attached hydrogen (secondary N) is 1. The zero-order chi connectivity index (χ0) is 15.9. The summed E-state index contributed by atoms with van der Waals surface area (Å²) < 4.78 is 5.54. The SMILES string of the molecule is CC(C)COc1ncc(CNc2ccc(C#N)nc2)cc1Cl. The highest BCUT2D eigenvalue weighted by Crippen LogP contribution is 2.23. The van der Waals surface area contributed by atoms with E-state index in [1.807, 2.05) is 12.1 Å². The summed E-state index contributed by atoms with van der Waals surface area (Å²) in [6.07, 6.45) is 3.35. The zero-order valence-electron chi connectivity index (χ0n) is 12.5. The second kappa shape index (κ2) is 7.62. The molecule has 6 heteroatoms.